The van der Waals surface area contributed by atoms with Crippen molar-refractivity contribution < 1.29 is 9.53 Å². The van der Waals surface area contributed by atoms with Crippen LogP contribution in [-0.4, -0.2) is 21.3 Å². The van der Waals surface area contributed by atoms with Gasteiger partial charge in [-0.05, 0) is 33.3 Å². The SMILES string of the molecule is C[C@H](NC(=O)[C@@H](OC(C)(C)C)c1ccccc1)c1cnn(C)c1. The molecule has 23 heavy (non-hydrogen) atoms. The van der Waals surface area contributed by atoms with Crippen LogP contribution in [0.15, 0.2) is 42.7 Å². The number of amides is 1. The number of benzene rings is 1. The smallest absolute Gasteiger partial charge is 0.254 e. The molecule has 5 heteroatoms. The summed E-state index contributed by atoms with van der Waals surface area (Å²) < 4.78 is 7.72. The summed E-state index contributed by atoms with van der Waals surface area (Å²) in [6, 6.07) is 9.42. The molecule has 0 saturated carbocycles. The Morgan fingerprint density at radius 1 is 1.22 bits per heavy atom. The highest BCUT2D eigenvalue weighted by atomic mass is 16.5. The van der Waals surface area contributed by atoms with Crippen molar-refractivity contribution in [3.8, 4) is 0 Å². The van der Waals surface area contributed by atoms with E-state index in [9.17, 15) is 4.79 Å². The van der Waals surface area contributed by atoms with Crippen LogP contribution in [0, 0.1) is 0 Å². The minimum atomic E-state index is -0.643. The number of rotatable bonds is 5. The minimum absolute atomic E-state index is 0.133. The molecule has 0 bridgehead atoms. The van der Waals surface area contributed by atoms with Crippen molar-refractivity contribution in [2.24, 2.45) is 7.05 Å². The van der Waals surface area contributed by atoms with Crippen LogP contribution in [0.5, 0.6) is 0 Å². The quantitative estimate of drug-likeness (QED) is 0.922. The number of carbonyl (C=O) groups is 1. The van der Waals surface area contributed by atoms with E-state index in [1.54, 1.807) is 10.9 Å². The van der Waals surface area contributed by atoms with Crippen molar-refractivity contribution in [2.75, 3.05) is 0 Å². The fourth-order valence-electron chi connectivity index (χ4n) is 2.29. The van der Waals surface area contributed by atoms with Gasteiger partial charge in [0.15, 0.2) is 6.10 Å². The molecular formula is C18H25N3O2. The molecular weight excluding hydrogens is 290 g/mol. The largest absolute Gasteiger partial charge is 0.358 e. The molecule has 0 aliphatic heterocycles. The molecule has 0 saturated heterocycles. The highest BCUT2D eigenvalue weighted by molar-refractivity contribution is 5.82. The van der Waals surface area contributed by atoms with Gasteiger partial charge in [0, 0.05) is 18.8 Å². The zero-order chi connectivity index (χ0) is 17.0. The molecule has 5 nitrogen and oxygen atoms in total. The third kappa shape index (κ3) is 4.93. The molecule has 0 aliphatic rings. The lowest BCUT2D eigenvalue weighted by Crippen LogP contribution is -2.36. The van der Waals surface area contributed by atoms with Crippen LogP contribution in [0.2, 0.25) is 0 Å². The van der Waals surface area contributed by atoms with Crippen LogP contribution in [-0.2, 0) is 16.6 Å². The first-order valence-corrected chi connectivity index (χ1v) is 7.78. The van der Waals surface area contributed by atoms with Crippen molar-refractivity contribution in [1.29, 1.82) is 0 Å². The molecule has 1 aromatic heterocycles. The summed E-state index contributed by atoms with van der Waals surface area (Å²) in [5.41, 5.74) is 1.39. The van der Waals surface area contributed by atoms with Gasteiger partial charge in [0.2, 0.25) is 0 Å². The van der Waals surface area contributed by atoms with E-state index >= 15 is 0 Å². The van der Waals surface area contributed by atoms with Gasteiger partial charge in [-0.15, -0.1) is 0 Å². The second kappa shape index (κ2) is 6.96. The van der Waals surface area contributed by atoms with Gasteiger partial charge in [-0.2, -0.15) is 5.10 Å². The van der Waals surface area contributed by atoms with Gasteiger partial charge < -0.3 is 10.1 Å². The van der Waals surface area contributed by atoms with Crippen LogP contribution in [0.4, 0.5) is 0 Å². The highest BCUT2D eigenvalue weighted by Crippen LogP contribution is 2.25. The Kier molecular flexibility index (Phi) is 5.21. The molecule has 0 aliphatic carbocycles. The van der Waals surface area contributed by atoms with Crippen LogP contribution < -0.4 is 5.32 Å². The van der Waals surface area contributed by atoms with Crippen molar-refractivity contribution in [1.82, 2.24) is 15.1 Å². The standard InChI is InChI=1S/C18H25N3O2/c1-13(15-11-19-21(5)12-15)20-17(22)16(23-18(2,3)4)14-9-7-6-8-10-14/h6-13,16H,1-5H3,(H,20,22)/t13-,16-/m0/s1. The van der Waals surface area contributed by atoms with E-state index < -0.39 is 11.7 Å². The lowest BCUT2D eigenvalue weighted by atomic mass is 10.1. The van der Waals surface area contributed by atoms with Gasteiger partial charge in [0.05, 0.1) is 17.8 Å². The molecule has 2 atom stereocenters. The molecule has 0 unspecified atom stereocenters. The molecule has 1 amide bonds. The van der Waals surface area contributed by atoms with Crippen molar-refractivity contribution in [3.63, 3.8) is 0 Å². The minimum Gasteiger partial charge on any atom is -0.358 e. The zero-order valence-electron chi connectivity index (χ0n) is 14.4. The van der Waals surface area contributed by atoms with Crippen LogP contribution in [0.3, 0.4) is 0 Å². The molecule has 0 radical (unpaired) electrons. The second-order valence-corrected chi connectivity index (χ2v) is 6.70. The summed E-state index contributed by atoms with van der Waals surface area (Å²) in [7, 11) is 1.85. The van der Waals surface area contributed by atoms with Gasteiger partial charge in [0.25, 0.3) is 5.91 Å². The number of aryl methyl sites for hydroxylation is 1. The number of hydrogen-bond acceptors (Lipinski definition) is 3. The first kappa shape index (κ1) is 17.2. The molecule has 1 heterocycles. The van der Waals surface area contributed by atoms with E-state index in [1.807, 2.05) is 71.3 Å². The van der Waals surface area contributed by atoms with Gasteiger partial charge in [-0.3, -0.25) is 9.48 Å². The fourth-order valence-corrected chi connectivity index (χ4v) is 2.29. The van der Waals surface area contributed by atoms with E-state index in [1.165, 1.54) is 0 Å². The van der Waals surface area contributed by atoms with E-state index in [2.05, 4.69) is 10.4 Å². The maximum Gasteiger partial charge on any atom is 0.254 e. The van der Waals surface area contributed by atoms with E-state index in [0.717, 1.165) is 11.1 Å². The summed E-state index contributed by atoms with van der Waals surface area (Å²) >= 11 is 0. The fraction of sp³-hybridized carbons (Fsp3) is 0.444. The van der Waals surface area contributed by atoms with Gasteiger partial charge in [-0.1, -0.05) is 30.3 Å². The Hall–Kier alpha value is -2.14. The predicted octanol–water partition coefficient (Wildman–Crippen LogP) is 3.15. The van der Waals surface area contributed by atoms with Gasteiger partial charge >= 0.3 is 0 Å². The summed E-state index contributed by atoms with van der Waals surface area (Å²) in [5.74, 6) is -0.150. The monoisotopic (exact) mass is 315 g/mol. The maximum atomic E-state index is 12.7. The number of carbonyl (C=O) groups excluding carboxylic acids is 1. The topological polar surface area (TPSA) is 56.1 Å². The average Bonchev–Trinajstić information content (AvgIpc) is 2.91. The van der Waals surface area contributed by atoms with Gasteiger partial charge in [-0.25, -0.2) is 0 Å². The molecule has 2 rings (SSSR count). The Morgan fingerprint density at radius 3 is 2.39 bits per heavy atom. The van der Waals surface area contributed by atoms with Crippen LogP contribution in [0.25, 0.3) is 0 Å². The Balaban J connectivity index is 2.16. The normalized spacial score (nSPS) is 14.3. The summed E-state index contributed by atoms with van der Waals surface area (Å²) in [5, 5.41) is 7.15. The molecule has 0 spiro atoms. The summed E-state index contributed by atoms with van der Waals surface area (Å²) in [6.07, 6.45) is 3.01. The third-order valence-electron chi connectivity index (χ3n) is 3.40. The molecule has 0 fully saturated rings. The third-order valence-corrected chi connectivity index (χ3v) is 3.40. The molecule has 1 aromatic carbocycles. The Morgan fingerprint density at radius 2 is 1.87 bits per heavy atom. The molecule has 124 valence electrons. The molecule has 2 aromatic rings. The summed E-state index contributed by atoms with van der Waals surface area (Å²) in [6.45, 7) is 7.77. The van der Waals surface area contributed by atoms with Crippen molar-refractivity contribution in [3.05, 3.63) is 53.9 Å². The highest BCUT2D eigenvalue weighted by Gasteiger charge is 2.28. The van der Waals surface area contributed by atoms with Crippen LogP contribution in [0.1, 0.15) is 51.0 Å². The predicted molar refractivity (Wildman–Crippen MR) is 89.8 cm³/mol. The number of nitrogens with one attached hydrogen (secondary N) is 1. The maximum absolute atomic E-state index is 12.7. The van der Waals surface area contributed by atoms with E-state index in [0.29, 0.717) is 0 Å². The Labute approximate surface area is 137 Å². The van der Waals surface area contributed by atoms with Crippen molar-refractivity contribution >= 4 is 5.91 Å². The van der Waals surface area contributed by atoms with Crippen molar-refractivity contribution in [2.45, 2.75) is 45.4 Å². The number of ether oxygens (including phenoxy) is 1. The first-order chi connectivity index (χ1) is 10.8. The second-order valence-electron chi connectivity index (χ2n) is 6.70. The Bertz CT molecular complexity index is 644. The lowest BCUT2D eigenvalue weighted by Gasteiger charge is -2.28. The number of hydrogen-bond donors (Lipinski definition) is 1. The van der Waals surface area contributed by atoms with E-state index in [4.69, 9.17) is 4.74 Å². The van der Waals surface area contributed by atoms with E-state index in [-0.39, 0.29) is 11.9 Å². The van der Waals surface area contributed by atoms with Crippen LogP contribution >= 0.6 is 0 Å². The average molecular weight is 315 g/mol. The zero-order valence-corrected chi connectivity index (χ0v) is 14.4. The molecule has 1 N–H and O–H groups in total. The van der Waals surface area contributed by atoms with Gasteiger partial charge in [0.1, 0.15) is 0 Å². The number of nitrogens with zero attached hydrogens (tertiary/aromatic N) is 2. The summed E-state index contributed by atoms with van der Waals surface area (Å²) in [4.78, 5) is 12.7. The number of aromatic nitrogens is 2. The lowest BCUT2D eigenvalue weighted by molar-refractivity contribution is -0.144. The first-order valence-electron chi connectivity index (χ1n) is 7.78.